The van der Waals surface area contributed by atoms with E-state index < -0.39 is 124 Å². The van der Waals surface area contributed by atoms with Gasteiger partial charge in [-0.15, -0.1) is 0 Å². The molecule has 4 rings (SSSR count). The Morgan fingerprint density at radius 1 is 0.559 bits per heavy atom. The summed E-state index contributed by atoms with van der Waals surface area (Å²) in [6.07, 6.45) is 4.34. The van der Waals surface area contributed by atoms with Crippen molar-refractivity contribution in [3.8, 4) is 0 Å². The summed E-state index contributed by atoms with van der Waals surface area (Å²) in [5.74, 6) is -6.12. The van der Waals surface area contributed by atoms with E-state index in [9.17, 15) is 43.2 Å². The average molecular weight is 1020 g/mol. The second kappa shape index (κ2) is 22.9. The third-order valence-electron chi connectivity index (χ3n) is 12.6. The zero-order chi connectivity index (χ0) is 50.9. The van der Waals surface area contributed by atoms with Crippen LogP contribution in [-0.2, 0) is 54.4 Å². The van der Waals surface area contributed by atoms with Crippen molar-refractivity contribution in [1.82, 2.24) is 42.5 Å². The smallest absolute Gasteiger partial charge is 0.407 e. The zero-order valence-electron chi connectivity index (χ0n) is 41.4. The number of rotatable bonds is 18. The van der Waals surface area contributed by atoms with Gasteiger partial charge in [-0.3, -0.25) is 33.6 Å². The molecule has 8 atom stereocenters. The van der Waals surface area contributed by atoms with Gasteiger partial charge in [0.05, 0.1) is 17.8 Å². The van der Waals surface area contributed by atoms with E-state index >= 15 is 0 Å². The van der Waals surface area contributed by atoms with E-state index in [-0.39, 0.29) is 6.61 Å². The molecule has 0 saturated heterocycles. The third kappa shape index (κ3) is 15.6. The summed E-state index contributed by atoms with van der Waals surface area (Å²) in [6.45, 7) is 17.4. The maximum absolute atomic E-state index is 13.7. The summed E-state index contributed by atoms with van der Waals surface area (Å²) in [5.41, 5.74) is -4.16. The summed E-state index contributed by atoms with van der Waals surface area (Å²) in [4.78, 5) is 119. The molecule has 8 N–H and O–H groups in total. The van der Waals surface area contributed by atoms with Gasteiger partial charge >= 0.3 is 12.1 Å². The summed E-state index contributed by atoms with van der Waals surface area (Å²) >= 11 is 3.37. The molecule has 8 amide bonds. The molecule has 3 fully saturated rings. The SMILES string of the molecule is C[C@H](NC(=O)C(C)(C)NC(=O)[C@H]1CCC[C@@H]1NC(=O)OC(C)(C)C)C(=O)N[C@H]1CCC[C@@H]1C(=O)NC(C)(C)C(=O)N[C@@H](C)C(=O)N[C@H]1CCC[C@@H]1C(=O)NC(C)(C)C(=O)OCc1ccc(Br)cc1. The van der Waals surface area contributed by atoms with E-state index in [2.05, 4.69) is 58.5 Å². The van der Waals surface area contributed by atoms with E-state index in [0.717, 1.165) is 10.0 Å². The Balaban J connectivity index is 1.23. The first-order valence-corrected chi connectivity index (χ1v) is 24.4. The Bertz CT molecular complexity index is 2050. The lowest BCUT2D eigenvalue weighted by atomic mass is 9.97. The highest BCUT2D eigenvalue weighted by Crippen LogP contribution is 2.30. The third-order valence-corrected chi connectivity index (χ3v) is 13.2. The molecule has 378 valence electrons. The second-order valence-electron chi connectivity index (χ2n) is 21.0. The molecule has 68 heavy (non-hydrogen) atoms. The minimum Gasteiger partial charge on any atom is -0.459 e. The number of hydrogen-bond acceptors (Lipinski definition) is 11. The van der Waals surface area contributed by atoms with Crippen LogP contribution in [0.2, 0.25) is 0 Å². The van der Waals surface area contributed by atoms with Crippen LogP contribution in [0.25, 0.3) is 0 Å². The van der Waals surface area contributed by atoms with Gasteiger partial charge < -0.3 is 52.0 Å². The van der Waals surface area contributed by atoms with Crippen molar-refractivity contribution in [2.75, 3.05) is 0 Å². The Morgan fingerprint density at radius 3 is 1.31 bits per heavy atom. The van der Waals surface area contributed by atoms with E-state index in [4.69, 9.17) is 9.47 Å². The monoisotopic (exact) mass is 1020 g/mol. The highest BCUT2D eigenvalue weighted by atomic mass is 79.9. The quantitative estimate of drug-likeness (QED) is 0.0988. The molecule has 0 aliphatic heterocycles. The maximum Gasteiger partial charge on any atom is 0.407 e. The minimum atomic E-state index is -1.47. The van der Waals surface area contributed by atoms with Gasteiger partial charge in [0.15, 0.2) is 0 Å². The largest absolute Gasteiger partial charge is 0.459 e. The molecule has 0 spiro atoms. The number of carbonyl (C=O) groups is 9. The van der Waals surface area contributed by atoms with Crippen molar-refractivity contribution < 1.29 is 52.6 Å². The van der Waals surface area contributed by atoms with Crippen molar-refractivity contribution in [2.45, 2.75) is 193 Å². The van der Waals surface area contributed by atoms with E-state index in [1.165, 1.54) is 41.5 Å². The number of esters is 1. The Hall–Kier alpha value is -5.27. The number of alkyl carbamates (subject to hydrolysis) is 1. The van der Waals surface area contributed by atoms with Crippen LogP contribution >= 0.6 is 15.9 Å². The number of ether oxygens (including phenoxy) is 2. The summed E-state index contributed by atoms with van der Waals surface area (Å²) in [7, 11) is 0. The Labute approximate surface area is 408 Å². The Kier molecular flexibility index (Phi) is 18.6. The fourth-order valence-corrected chi connectivity index (χ4v) is 8.84. The van der Waals surface area contributed by atoms with Crippen LogP contribution in [0.5, 0.6) is 0 Å². The number of nitrogens with one attached hydrogen (secondary N) is 8. The van der Waals surface area contributed by atoms with Crippen LogP contribution < -0.4 is 42.5 Å². The molecule has 3 aliphatic carbocycles. The zero-order valence-corrected chi connectivity index (χ0v) is 43.0. The predicted molar refractivity (Wildman–Crippen MR) is 255 cm³/mol. The number of halogens is 1. The second-order valence-corrected chi connectivity index (χ2v) is 21.9. The molecule has 3 aliphatic rings. The van der Waals surface area contributed by atoms with Crippen molar-refractivity contribution in [1.29, 1.82) is 0 Å². The average Bonchev–Trinajstić information content (AvgIpc) is 4.01. The van der Waals surface area contributed by atoms with Crippen LogP contribution in [-0.4, -0.2) is 106 Å². The molecule has 1 aromatic rings. The van der Waals surface area contributed by atoms with Gasteiger partial charge in [0, 0.05) is 22.6 Å². The van der Waals surface area contributed by atoms with Gasteiger partial charge in [-0.25, -0.2) is 9.59 Å². The molecular weight excluding hydrogens is 944 g/mol. The molecular formula is C48H73BrN8O11. The highest BCUT2D eigenvalue weighted by Gasteiger charge is 2.43. The van der Waals surface area contributed by atoms with Crippen LogP contribution in [0.3, 0.4) is 0 Å². The number of benzene rings is 1. The number of amides is 8. The minimum absolute atomic E-state index is 0.0334. The van der Waals surface area contributed by atoms with Gasteiger partial charge in [-0.05, 0) is 132 Å². The van der Waals surface area contributed by atoms with Crippen LogP contribution in [0, 0.1) is 17.8 Å². The molecule has 3 saturated carbocycles. The fourth-order valence-electron chi connectivity index (χ4n) is 8.58. The number of hydrogen-bond donors (Lipinski definition) is 8. The van der Waals surface area contributed by atoms with Gasteiger partial charge in [0.2, 0.25) is 41.4 Å². The van der Waals surface area contributed by atoms with E-state index in [0.29, 0.717) is 57.8 Å². The molecule has 0 bridgehead atoms. The lowest BCUT2D eigenvalue weighted by Gasteiger charge is -2.31. The van der Waals surface area contributed by atoms with Gasteiger partial charge in [0.25, 0.3) is 0 Å². The van der Waals surface area contributed by atoms with Crippen molar-refractivity contribution >= 4 is 69.3 Å². The topological polar surface area (TPSA) is 268 Å². The molecule has 1 aromatic carbocycles. The summed E-state index contributed by atoms with van der Waals surface area (Å²) in [5, 5.41) is 22.2. The lowest BCUT2D eigenvalue weighted by molar-refractivity contribution is -0.154. The van der Waals surface area contributed by atoms with Gasteiger partial charge in [0.1, 0.15) is 40.9 Å². The molecule has 0 unspecified atom stereocenters. The molecule has 19 nitrogen and oxygen atoms in total. The van der Waals surface area contributed by atoms with Gasteiger partial charge in [-0.1, -0.05) is 47.3 Å². The molecule has 0 aromatic heterocycles. The lowest BCUT2D eigenvalue weighted by Crippen LogP contribution is -2.61. The standard InChI is InChI=1S/C48H73BrN8O11/c1-26(51-42(64)47(8,9)56-39(61)32-17-14-20-35(32)54-44(66)68-45(3,4)5)36(58)52-33-18-12-15-30(33)38(60)55-46(6,7)41(63)50-27(2)37(59)53-34-19-13-16-31(34)40(62)57-48(10,11)43(65)67-25-28-21-23-29(49)24-22-28/h21-24,26-27,30-35H,12-20,25H2,1-11H3,(H,50,63)(H,51,64)(H,52,58)(H,53,59)(H,54,66)(H,55,60)(H,56,61)(H,57,62)/t26-,27-,30-,31-,32-,33-,34-,35-/m0/s1. The molecule has 0 heterocycles. The first-order valence-electron chi connectivity index (χ1n) is 23.6. The first-order chi connectivity index (χ1) is 31.5. The summed E-state index contributed by atoms with van der Waals surface area (Å²) in [6, 6.07) is 3.61. The molecule has 20 heteroatoms. The number of carbonyl (C=O) groups excluding carboxylic acids is 9. The maximum atomic E-state index is 13.7. The normalized spacial score (nSPS) is 22.6. The van der Waals surface area contributed by atoms with Crippen LogP contribution in [0.4, 0.5) is 4.79 Å². The van der Waals surface area contributed by atoms with Crippen molar-refractivity contribution in [3.05, 3.63) is 34.3 Å². The van der Waals surface area contributed by atoms with Crippen LogP contribution in [0.1, 0.15) is 140 Å². The van der Waals surface area contributed by atoms with Crippen LogP contribution in [0.15, 0.2) is 28.7 Å². The summed E-state index contributed by atoms with van der Waals surface area (Å²) < 4.78 is 11.7. The Morgan fingerprint density at radius 2 is 0.926 bits per heavy atom. The first kappa shape index (κ1) is 55.3. The highest BCUT2D eigenvalue weighted by molar-refractivity contribution is 9.10. The van der Waals surface area contributed by atoms with E-state index in [1.54, 1.807) is 34.6 Å². The van der Waals surface area contributed by atoms with Crippen molar-refractivity contribution in [2.24, 2.45) is 17.8 Å². The predicted octanol–water partition coefficient (Wildman–Crippen LogP) is 3.45. The fraction of sp³-hybridized carbons (Fsp3) is 0.688. The van der Waals surface area contributed by atoms with E-state index in [1.807, 2.05) is 24.3 Å². The molecule has 0 radical (unpaired) electrons. The van der Waals surface area contributed by atoms with Gasteiger partial charge in [-0.2, -0.15) is 0 Å². The van der Waals surface area contributed by atoms with Crippen molar-refractivity contribution in [3.63, 3.8) is 0 Å².